The minimum Gasteiger partial charge on any atom is -0.504 e. The second-order valence-corrected chi connectivity index (χ2v) is 10.5. The number of esters is 1. The lowest BCUT2D eigenvalue weighted by atomic mass is 9.93. The van der Waals surface area contributed by atoms with Crippen molar-refractivity contribution in [3.63, 3.8) is 0 Å². The smallest absolute Gasteiger partial charge is 0.331 e. The number of methoxy groups -OCH3 is 2. The van der Waals surface area contributed by atoms with Crippen molar-refractivity contribution in [2.45, 2.75) is 104 Å². The highest BCUT2D eigenvalue weighted by molar-refractivity contribution is 5.96. The van der Waals surface area contributed by atoms with Gasteiger partial charge >= 0.3 is 11.9 Å². The van der Waals surface area contributed by atoms with Crippen LogP contribution in [0.4, 0.5) is 0 Å². The maximum atomic E-state index is 11.9. The van der Waals surface area contributed by atoms with Crippen molar-refractivity contribution in [3.8, 4) is 23.0 Å². The molecule has 2 aromatic carbocycles. The molecule has 0 aliphatic carbocycles. The second kappa shape index (κ2) is 21.7. The number of carbonyl (C=O) groups excluding carboxylic acids is 1. The normalized spacial score (nSPS) is 12.1. The molecule has 0 bridgehead atoms. The van der Waals surface area contributed by atoms with Gasteiger partial charge in [-0.1, -0.05) is 71.9 Å². The Morgan fingerprint density at radius 3 is 2.00 bits per heavy atom. The van der Waals surface area contributed by atoms with Crippen LogP contribution in [0.2, 0.25) is 0 Å². The third kappa shape index (κ3) is 13.6. The summed E-state index contributed by atoms with van der Waals surface area (Å²) >= 11 is 0. The SMILES string of the molecule is CCCCCC(CC)OC(=O)/C=C/c1ccc(O)c(OC)c1.CCCCCC/C(C(=O)O)=C(/CC)c1ccc(O)c(OC)c1. The van der Waals surface area contributed by atoms with E-state index >= 15 is 0 Å². The number of carboxylic acids is 1. The summed E-state index contributed by atoms with van der Waals surface area (Å²) in [4.78, 5) is 23.5. The molecule has 0 saturated heterocycles. The summed E-state index contributed by atoms with van der Waals surface area (Å²) < 4.78 is 15.6. The van der Waals surface area contributed by atoms with E-state index in [2.05, 4.69) is 13.8 Å². The van der Waals surface area contributed by atoms with E-state index in [9.17, 15) is 24.9 Å². The predicted octanol–water partition coefficient (Wildman–Crippen LogP) is 8.94. The molecular weight excluding hydrogens is 560 g/mol. The zero-order chi connectivity index (χ0) is 32.9. The van der Waals surface area contributed by atoms with Crippen LogP contribution < -0.4 is 9.47 Å². The molecule has 0 heterocycles. The first-order chi connectivity index (χ1) is 21.1. The lowest BCUT2D eigenvalue weighted by Gasteiger charge is -2.14. The largest absolute Gasteiger partial charge is 0.504 e. The molecule has 0 spiro atoms. The van der Waals surface area contributed by atoms with Gasteiger partial charge in [-0.2, -0.15) is 0 Å². The van der Waals surface area contributed by atoms with Gasteiger partial charge < -0.3 is 29.5 Å². The third-order valence-electron chi connectivity index (χ3n) is 7.27. The zero-order valence-corrected chi connectivity index (χ0v) is 27.4. The summed E-state index contributed by atoms with van der Waals surface area (Å²) in [5.41, 5.74) is 2.84. The molecule has 44 heavy (non-hydrogen) atoms. The van der Waals surface area contributed by atoms with Crippen molar-refractivity contribution in [2.75, 3.05) is 14.2 Å². The average molecular weight is 613 g/mol. The standard InChI is InChI=1S/2C18H26O4/c1-4-6-7-8-15(5-2)22-18(20)12-10-14-9-11-16(19)17(13-14)21-3;1-4-6-7-8-9-15(18(20)21)14(5-2)13-10-11-16(19)17(12-13)22-3/h9-13,15,19H,4-8H2,1-3H3;10-12,19H,4-9H2,1-3H3,(H,20,21)/b12-10+;15-14+. The van der Waals surface area contributed by atoms with Crippen LogP contribution in [-0.4, -0.2) is 47.6 Å². The van der Waals surface area contributed by atoms with Crippen molar-refractivity contribution in [1.29, 1.82) is 0 Å². The molecule has 0 aliphatic heterocycles. The number of aromatic hydroxyl groups is 2. The van der Waals surface area contributed by atoms with Crippen LogP contribution in [0.3, 0.4) is 0 Å². The summed E-state index contributed by atoms with van der Waals surface area (Å²) in [6.45, 7) is 8.26. The van der Waals surface area contributed by atoms with E-state index in [1.807, 2.05) is 13.8 Å². The van der Waals surface area contributed by atoms with Gasteiger partial charge in [0.25, 0.3) is 0 Å². The Morgan fingerprint density at radius 2 is 1.43 bits per heavy atom. The molecule has 8 heteroatoms. The number of carboxylic acid groups (broad SMARTS) is 1. The molecule has 8 nitrogen and oxygen atoms in total. The number of ether oxygens (including phenoxy) is 3. The highest BCUT2D eigenvalue weighted by Gasteiger charge is 2.16. The molecule has 0 aromatic heterocycles. The third-order valence-corrected chi connectivity index (χ3v) is 7.27. The van der Waals surface area contributed by atoms with Gasteiger partial charge in [0.15, 0.2) is 23.0 Å². The minimum absolute atomic E-state index is 0.0157. The first kappa shape index (κ1) is 38.1. The van der Waals surface area contributed by atoms with Gasteiger partial charge in [0.2, 0.25) is 0 Å². The number of aliphatic carboxylic acids is 1. The van der Waals surface area contributed by atoms with Crippen LogP contribution in [-0.2, 0) is 14.3 Å². The lowest BCUT2D eigenvalue weighted by Crippen LogP contribution is -2.15. The van der Waals surface area contributed by atoms with Gasteiger partial charge in [0.1, 0.15) is 6.10 Å². The Hall–Kier alpha value is -3.94. The summed E-state index contributed by atoms with van der Waals surface area (Å²) in [5.74, 6) is -0.331. The lowest BCUT2D eigenvalue weighted by molar-refractivity contribution is -0.143. The molecule has 2 aromatic rings. The zero-order valence-electron chi connectivity index (χ0n) is 27.4. The molecule has 0 fully saturated rings. The highest BCUT2D eigenvalue weighted by atomic mass is 16.5. The number of hydrogen-bond donors (Lipinski definition) is 3. The molecule has 0 amide bonds. The Kier molecular flexibility index (Phi) is 18.8. The van der Waals surface area contributed by atoms with Crippen LogP contribution in [0.25, 0.3) is 11.6 Å². The van der Waals surface area contributed by atoms with Gasteiger partial charge in [0, 0.05) is 11.6 Å². The van der Waals surface area contributed by atoms with Gasteiger partial charge in [-0.05, 0) is 85.6 Å². The van der Waals surface area contributed by atoms with E-state index in [1.165, 1.54) is 26.4 Å². The Labute approximate surface area is 263 Å². The van der Waals surface area contributed by atoms with Gasteiger partial charge in [-0.25, -0.2) is 9.59 Å². The number of carbonyl (C=O) groups is 2. The number of phenolic OH excluding ortho intramolecular Hbond substituents is 2. The first-order valence-corrected chi connectivity index (χ1v) is 15.7. The van der Waals surface area contributed by atoms with Gasteiger partial charge in [0.05, 0.1) is 14.2 Å². The fourth-order valence-electron chi connectivity index (χ4n) is 4.71. The van der Waals surface area contributed by atoms with E-state index in [4.69, 9.17) is 14.2 Å². The molecule has 1 unspecified atom stereocenters. The highest BCUT2D eigenvalue weighted by Crippen LogP contribution is 2.33. The van der Waals surface area contributed by atoms with Gasteiger partial charge in [-0.3, -0.25) is 0 Å². The van der Waals surface area contributed by atoms with Crippen molar-refractivity contribution in [1.82, 2.24) is 0 Å². The molecule has 0 saturated carbocycles. The maximum absolute atomic E-state index is 11.9. The summed E-state index contributed by atoms with van der Waals surface area (Å²) in [6, 6.07) is 9.89. The second-order valence-electron chi connectivity index (χ2n) is 10.5. The van der Waals surface area contributed by atoms with E-state index in [0.717, 1.165) is 74.5 Å². The topological polar surface area (TPSA) is 123 Å². The monoisotopic (exact) mass is 612 g/mol. The molecular formula is C36H52O8. The van der Waals surface area contributed by atoms with Crippen LogP contribution >= 0.6 is 0 Å². The Balaban J connectivity index is 0.000000440. The van der Waals surface area contributed by atoms with Crippen LogP contribution in [0.1, 0.15) is 109 Å². The maximum Gasteiger partial charge on any atom is 0.331 e. The Bertz CT molecular complexity index is 1210. The van der Waals surface area contributed by atoms with E-state index in [1.54, 1.807) is 36.4 Å². The summed E-state index contributed by atoms with van der Waals surface area (Å²) in [5, 5.41) is 28.7. The molecule has 0 aliphatic rings. The first-order valence-electron chi connectivity index (χ1n) is 15.7. The van der Waals surface area contributed by atoms with Crippen LogP contribution in [0.5, 0.6) is 23.0 Å². The summed E-state index contributed by atoms with van der Waals surface area (Å²) in [7, 11) is 2.97. The van der Waals surface area contributed by atoms with E-state index in [0.29, 0.717) is 29.9 Å². The molecule has 3 N–H and O–H groups in total. The number of rotatable bonds is 18. The van der Waals surface area contributed by atoms with E-state index in [-0.39, 0.29) is 23.6 Å². The Morgan fingerprint density at radius 1 is 0.818 bits per heavy atom. The summed E-state index contributed by atoms with van der Waals surface area (Å²) in [6.07, 6.45) is 13.6. The molecule has 2 rings (SSSR count). The number of allylic oxidation sites excluding steroid dienone is 1. The number of benzene rings is 2. The van der Waals surface area contributed by atoms with Crippen molar-refractivity contribution >= 4 is 23.6 Å². The van der Waals surface area contributed by atoms with Crippen molar-refractivity contribution in [3.05, 3.63) is 59.2 Å². The van der Waals surface area contributed by atoms with Crippen LogP contribution in [0.15, 0.2) is 48.0 Å². The van der Waals surface area contributed by atoms with Gasteiger partial charge in [-0.15, -0.1) is 0 Å². The molecule has 1 atom stereocenters. The number of phenols is 2. The minimum atomic E-state index is -0.861. The quantitative estimate of drug-likeness (QED) is 0.0866. The van der Waals surface area contributed by atoms with Crippen LogP contribution in [0, 0.1) is 0 Å². The predicted molar refractivity (Wildman–Crippen MR) is 176 cm³/mol. The van der Waals surface area contributed by atoms with Crippen molar-refractivity contribution < 1.29 is 39.1 Å². The molecule has 0 radical (unpaired) electrons. The van der Waals surface area contributed by atoms with Crippen molar-refractivity contribution in [2.24, 2.45) is 0 Å². The number of unbranched alkanes of at least 4 members (excludes halogenated alkanes) is 5. The fraction of sp³-hybridized carbons (Fsp3) is 0.500. The fourth-order valence-corrected chi connectivity index (χ4v) is 4.71. The number of hydrogen-bond acceptors (Lipinski definition) is 7. The molecule has 244 valence electrons. The van der Waals surface area contributed by atoms with E-state index < -0.39 is 5.97 Å². The average Bonchev–Trinajstić information content (AvgIpc) is 3.02.